The van der Waals surface area contributed by atoms with E-state index in [-0.39, 0.29) is 0 Å². The monoisotopic (exact) mass is 282 g/mol. The maximum absolute atomic E-state index is 9.50. The van der Waals surface area contributed by atoms with E-state index in [1.54, 1.807) is 6.07 Å². The van der Waals surface area contributed by atoms with Gasteiger partial charge in [-0.05, 0) is 23.2 Å². The Morgan fingerprint density at radius 3 is 2.38 bits per heavy atom. The Morgan fingerprint density at radius 2 is 1.62 bits per heavy atom. The highest BCUT2D eigenvalue weighted by Gasteiger charge is 2.22. The molecular formula is C16H19BN2O2. The van der Waals surface area contributed by atoms with Gasteiger partial charge < -0.3 is 19.8 Å². The summed E-state index contributed by atoms with van der Waals surface area (Å²) in [7, 11) is 0.672. The Hall–Kier alpha value is -1.98. The summed E-state index contributed by atoms with van der Waals surface area (Å²) in [5.74, 6) is 0. The smallest absolute Gasteiger partial charge is 0.423 e. The van der Waals surface area contributed by atoms with Crippen molar-refractivity contribution in [2.75, 3.05) is 29.9 Å². The molecule has 1 aliphatic rings. The molecule has 2 aromatic carbocycles. The minimum absolute atomic E-state index is 0.578. The molecule has 0 aromatic heterocycles. The van der Waals surface area contributed by atoms with E-state index in [0.29, 0.717) is 12.0 Å². The number of hydrogen-bond acceptors (Lipinski definition) is 4. The third kappa shape index (κ3) is 2.75. The molecule has 4 nitrogen and oxygen atoms in total. The molecule has 2 aromatic rings. The lowest BCUT2D eigenvalue weighted by atomic mass is 9.77. The van der Waals surface area contributed by atoms with E-state index in [2.05, 4.69) is 29.0 Å². The van der Waals surface area contributed by atoms with Gasteiger partial charge in [-0.1, -0.05) is 36.4 Å². The number of hydrogen-bond donors (Lipinski definition) is 2. The minimum atomic E-state index is -1.43. The SMILES string of the molecule is CN1CCN(Cc2ccccc2B(O)O)c2ccccc21. The van der Waals surface area contributed by atoms with Crippen LogP contribution in [0.4, 0.5) is 11.4 Å². The first-order valence-electron chi connectivity index (χ1n) is 7.16. The van der Waals surface area contributed by atoms with Gasteiger partial charge in [0, 0.05) is 26.7 Å². The molecular weight excluding hydrogens is 263 g/mol. The molecule has 0 bridgehead atoms. The second kappa shape index (κ2) is 5.80. The molecule has 1 aliphatic heterocycles. The molecule has 0 atom stereocenters. The first-order chi connectivity index (χ1) is 10.2. The molecule has 0 aliphatic carbocycles. The van der Waals surface area contributed by atoms with E-state index >= 15 is 0 Å². The number of nitrogens with zero attached hydrogens (tertiary/aromatic N) is 2. The summed E-state index contributed by atoms with van der Waals surface area (Å²) >= 11 is 0. The minimum Gasteiger partial charge on any atom is -0.423 e. The molecule has 0 saturated carbocycles. The van der Waals surface area contributed by atoms with Gasteiger partial charge >= 0.3 is 7.12 Å². The van der Waals surface area contributed by atoms with Crippen molar-refractivity contribution in [2.24, 2.45) is 0 Å². The molecule has 1 heterocycles. The third-order valence-corrected chi connectivity index (χ3v) is 4.03. The van der Waals surface area contributed by atoms with E-state index in [1.807, 2.05) is 30.3 Å². The van der Waals surface area contributed by atoms with E-state index in [1.165, 1.54) is 11.4 Å². The van der Waals surface area contributed by atoms with Crippen molar-refractivity contribution in [3.8, 4) is 0 Å². The van der Waals surface area contributed by atoms with Gasteiger partial charge in [-0.3, -0.25) is 0 Å². The lowest BCUT2D eigenvalue weighted by molar-refractivity contribution is 0.425. The van der Waals surface area contributed by atoms with Crippen molar-refractivity contribution >= 4 is 24.0 Å². The summed E-state index contributed by atoms with van der Waals surface area (Å²) in [5, 5.41) is 19.0. The maximum Gasteiger partial charge on any atom is 0.488 e. The normalized spacial score (nSPS) is 14.0. The lowest BCUT2D eigenvalue weighted by Gasteiger charge is -2.37. The molecule has 0 amide bonds. The lowest BCUT2D eigenvalue weighted by Crippen LogP contribution is -2.41. The van der Waals surface area contributed by atoms with Crippen LogP contribution in [0.25, 0.3) is 0 Å². The van der Waals surface area contributed by atoms with Crippen LogP contribution in [0, 0.1) is 0 Å². The number of anilines is 2. The van der Waals surface area contributed by atoms with Crippen molar-refractivity contribution in [3.63, 3.8) is 0 Å². The topological polar surface area (TPSA) is 46.9 Å². The molecule has 21 heavy (non-hydrogen) atoms. The quantitative estimate of drug-likeness (QED) is 0.818. The van der Waals surface area contributed by atoms with Crippen LogP contribution in [0.15, 0.2) is 48.5 Å². The van der Waals surface area contributed by atoms with Gasteiger partial charge in [-0.2, -0.15) is 0 Å². The van der Waals surface area contributed by atoms with Gasteiger partial charge in [0.15, 0.2) is 0 Å². The fourth-order valence-electron chi connectivity index (χ4n) is 2.87. The van der Waals surface area contributed by atoms with Crippen LogP contribution in [-0.2, 0) is 6.54 Å². The van der Waals surface area contributed by atoms with Gasteiger partial charge in [0.2, 0.25) is 0 Å². The van der Waals surface area contributed by atoms with Gasteiger partial charge in [0.05, 0.1) is 11.4 Å². The first-order valence-corrected chi connectivity index (χ1v) is 7.16. The van der Waals surface area contributed by atoms with E-state index in [4.69, 9.17) is 0 Å². The van der Waals surface area contributed by atoms with Gasteiger partial charge in [-0.15, -0.1) is 0 Å². The highest BCUT2D eigenvalue weighted by molar-refractivity contribution is 6.59. The Bertz CT molecular complexity index is 633. The van der Waals surface area contributed by atoms with Gasteiger partial charge in [0.1, 0.15) is 0 Å². The number of benzene rings is 2. The van der Waals surface area contributed by atoms with Crippen LogP contribution in [0.3, 0.4) is 0 Å². The summed E-state index contributed by atoms with van der Waals surface area (Å²) in [6.07, 6.45) is 0. The summed E-state index contributed by atoms with van der Waals surface area (Å²) in [4.78, 5) is 4.54. The van der Waals surface area contributed by atoms with Crippen molar-refractivity contribution < 1.29 is 10.0 Å². The van der Waals surface area contributed by atoms with Crippen LogP contribution in [0.1, 0.15) is 5.56 Å². The summed E-state index contributed by atoms with van der Waals surface area (Å²) in [5.41, 5.74) is 3.93. The Kier molecular flexibility index (Phi) is 3.86. The largest absolute Gasteiger partial charge is 0.488 e. The van der Waals surface area contributed by atoms with Crippen molar-refractivity contribution in [3.05, 3.63) is 54.1 Å². The van der Waals surface area contributed by atoms with Crippen LogP contribution in [-0.4, -0.2) is 37.3 Å². The summed E-state index contributed by atoms with van der Waals surface area (Å²) in [6, 6.07) is 15.8. The second-order valence-electron chi connectivity index (χ2n) is 5.40. The molecule has 0 fully saturated rings. The fraction of sp³-hybridized carbons (Fsp3) is 0.250. The Balaban J connectivity index is 1.92. The van der Waals surface area contributed by atoms with E-state index in [9.17, 15) is 10.0 Å². The van der Waals surface area contributed by atoms with Crippen molar-refractivity contribution in [1.29, 1.82) is 0 Å². The number of fused-ring (bicyclic) bond motifs is 1. The predicted molar refractivity (Wildman–Crippen MR) is 87.0 cm³/mol. The zero-order valence-corrected chi connectivity index (χ0v) is 12.1. The highest BCUT2D eigenvalue weighted by Crippen LogP contribution is 2.32. The first kappa shape index (κ1) is 14.0. The van der Waals surface area contributed by atoms with Gasteiger partial charge in [0.25, 0.3) is 0 Å². The van der Waals surface area contributed by atoms with Crippen LogP contribution < -0.4 is 15.3 Å². The fourth-order valence-corrected chi connectivity index (χ4v) is 2.87. The molecule has 0 radical (unpaired) electrons. The Morgan fingerprint density at radius 1 is 0.952 bits per heavy atom. The summed E-state index contributed by atoms with van der Waals surface area (Å²) in [6.45, 7) is 2.56. The van der Waals surface area contributed by atoms with E-state index < -0.39 is 7.12 Å². The maximum atomic E-state index is 9.50. The third-order valence-electron chi connectivity index (χ3n) is 4.03. The molecule has 108 valence electrons. The molecule has 5 heteroatoms. The molecule has 0 spiro atoms. The predicted octanol–water partition coefficient (Wildman–Crippen LogP) is 0.823. The number of rotatable bonds is 3. The average molecular weight is 282 g/mol. The zero-order valence-electron chi connectivity index (χ0n) is 12.1. The average Bonchev–Trinajstić information content (AvgIpc) is 2.51. The molecule has 0 saturated heterocycles. The van der Waals surface area contributed by atoms with Crippen LogP contribution >= 0.6 is 0 Å². The zero-order chi connectivity index (χ0) is 14.8. The Labute approximate surface area is 125 Å². The number of likely N-dealkylation sites (N-methyl/N-ethyl adjacent to an activating group) is 1. The number of para-hydroxylation sites is 2. The highest BCUT2D eigenvalue weighted by atomic mass is 16.4. The van der Waals surface area contributed by atoms with E-state index in [0.717, 1.165) is 18.7 Å². The summed E-state index contributed by atoms with van der Waals surface area (Å²) < 4.78 is 0. The second-order valence-corrected chi connectivity index (χ2v) is 5.40. The van der Waals surface area contributed by atoms with Crippen LogP contribution in [0.5, 0.6) is 0 Å². The molecule has 0 unspecified atom stereocenters. The molecule has 3 rings (SSSR count). The van der Waals surface area contributed by atoms with Gasteiger partial charge in [-0.25, -0.2) is 0 Å². The van der Waals surface area contributed by atoms with Crippen molar-refractivity contribution in [2.45, 2.75) is 6.54 Å². The molecule has 2 N–H and O–H groups in total. The standard InChI is InChI=1S/C16H19BN2O2/c1-18-10-11-19(16-9-5-4-8-15(16)18)12-13-6-2-3-7-14(13)17(20)21/h2-9,20-21H,10-12H2,1H3. The van der Waals surface area contributed by atoms with Crippen molar-refractivity contribution in [1.82, 2.24) is 0 Å². The van der Waals surface area contributed by atoms with Crippen LogP contribution in [0.2, 0.25) is 0 Å².